The van der Waals surface area contributed by atoms with Crippen molar-refractivity contribution in [1.29, 1.82) is 0 Å². The number of hydrogen-bond donors (Lipinski definition) is 0. The van der Waals surface area contributed by atoms with Gasteiger partial charge >= 0.3 is 0 Å². The fraction of sp³-hybridized carbons (Fsp3) is 0.292. The van der Waals surface area contributed by atoms with Gasteiger partial charge in [0, 0.05) is 28.7 Å². The molecular formula is C24H21Cl2IN2O4S. The lowest BCUT2D eigenvalue weighted by Crippen LogP contribution is -2.44. The SMILES string of the molecule is O=C(CN1C(=O)S/C(=C\c2ccc(OCc3ccc(Cl)cc3Cl)c(I)c2)C1=O)N1CCCCC1. The van der Waals surface area contributed by atoms with Crippen LogP contribution in [-0.4, -0.2) is 46.5 Å². The van der Waals surface area contributed by atoms with Gasteiger partial charge < -0.3 is 9.64 Å². The first-order valence-electron chi connectivity index (χ1n) is 10.7. The number of imide groups is 1. The van der Waals surface area contributed by atoms with Crippen LogP contribution in [0.15, 0.2) is 41.3 Å². The molecule has 0 aliphatic carbocycles. The Kier molecular flexibility index (Phi) is 8.44. The van der Waals surface area contributed by atoms with Crippen molar-refractivity contribution in [3.8, 4) is 5.75 Å². The minimum Gasteiger partial charge on any atom is -0.488 e. The molecule has 0 spiro atoms. The van der Waals surface area contributed by atoms with E-state index in [2.05, 4.69) is 22.6 Å². The number of benzene rings is 2. The van der Waals surface area contributed by atoms with Crippen LogP contribution in [0.4, 0.5) is 4.79 Å². The molecule has 0 aromatic heterocycles. The molecule has 0 saturated carbocycles. The molecule has 34 heavy (non-hydrogen) atoms. The van der Waals surface area contributed by atoms with Gasteiger partial charge in [-0.3, -0.25) is 19.3 Å². The molecule has 0 N–H and O–H groups in total. The number of carbonyl (C=O) groups is 3. The van der Waals surface area contributed by atoms with E-state index in [0.717, 1.165) is 50.6 Å². The molecule has 2 aliphatic rings. The molecule has 6 nitrogen and oxygen atoms in total. The first-order valence-corrected chi connectivity index (χ1v) is 13.4. The number of carbonyl (C=O) groups excluding carboxylic acids is 3. The third kappa shape index (κ3) is 6.08. The lowest BCUT2D eigenvalue weighted by Gasteiger charge is -2.27. The summed E-state index contributed by atoms with van der Waals surface area (Å²) in [4.78, 5) is 40.8. The maximum atomic E-state index is 12.8. The summed E-state index contributed by atoms with van der Waals surface area (Å²) in [7, 11) is 0. The summed E-state index contributed by atoms with van der Waals surface area (Å²) in [5.41, 5.74) is 1.58. The first-order chi connectivity index (χ1) is 16.3. The number of hydrogen-bond acceptors (Lipinski definition) is 5. The monoisotopic (exact) mass is 630 g/mol. The molecule has 2 saturated heterocycles. The number of amides is 3. The molecule has 2 aliphatic heterocycles. The Morgan fingerprint density at radius 3 is 2.56 bits per heavy atom. The van der Waals surface area contributed by atoms with Crippen molar-refractivity contribution < 1.29 is 19.1 Å². The standard InChI is InChI=1S/C24H21Cl2IN2O4S/c25-17-6-5-16(18(26)12-17)14-33-20-7-4-15(10-19(20)27)11-21-23(31)29(24(32)34-21)13-22(30)28-8-2-1-3-9-28/h4-7,10-12H,1-3,8-9,13-14H2/b21-11-. The average Bonchev–Trinajstić information content (AvgIpc) is 3.07. The molecule has 10 heteroatoms. The fourth-order valence-corrected chi connectivity index (χ4v) is 5.68. The zero-order valence-electron chi connectivity index (χ0n) is 18.1. The lowest BCUT2D eigenvalue weighted by atomic mass is 10.1. The Bertz CT molecular complexity index is 1170. The highest BCUT2D eigenvalue weighted by Crippen LogP contribution is 2.33. The van der Waals surface area contributed by atoms with E-state index in [0.29, 0.717) is 33.8 Å². The molecule has 2 aromatic rings. The van der Waals surface area contributed by atoms with E-state index in [1.165, 1.54) is 0 Å². The summed E-state index contributed by atoms with van der Waals surface area (Å²) in [6.07, 6.45) is 4.68. The highest BCUT2D eigenvalue weighted by Gasteiger charge is 2.37. The molecule has 4 rings (SSSR count). The van der Waals surface area contributed by atoms with E-state index >= 15 is 0 Å². The van der Waals surface area contributed by atoms with Gasteiger partial charge in [-0.25, -0.2) is 0 Å². The van der Waals surface area contributed by atoms with Crippen molar-refractivity contribution in [1.82, 2.24) is 9.80 Å². The topological polar surface area (TPSA) is 66.9 Å². The molecule has 2 aromatic carbocycles. The van der Waals surface area contributed by atoms with Crippen LogP contribution in [0.1, 0.15) is 30.4 Å². The Morgan fingerprint density at radius 1 is 1.09 bits per heavy atom. The molecular weight excluding hydrogens is 610 g/mol. The summed E-state index contributed by atoms with van der Waals surface area (Å²) in [6.45, 7) is 1.44. The molecule has 2 fully saturated rings. The molecule has 0 unspecified atom stereocenters. The van der Waals surface area contributed by atoms with E-state index < -0.39 is 11.1 Å². The Balaban J connectivity index is 1.41. The second kappa shape index (κ2) is 11.3. The van der Waals surface area contributed by atoms with Crippen molar-refractivity contribution in [3.05, 3.63) is 66.0 Å². The number of likely N-dealkylation sites (tertiary alicyclic amines) is 1. The van der Waals surface area contributed by atoms with E-state index in [4.69, 9.17) is 27.9 Å². The summed E-state index contributed by atoms with van der Waals surface area (Å²) in [6, 6.07) is 10.7. The number of rotatable bonds is 6. The van der Waals surface area contributed by atoms with Crippen LogP contribution in [0, 0.1) is 3.57 Å². The van der Waals surface area contributed by atoms with E-state index in [9.17, 15) is 14.4 Å². The van der Waals surface area contributed by atoms with Gasteiger partial charge in [0.25, 0.3) is 11.1 Å². The Labute approximate surface area is 225 Å². The largest absolute Gasteiger partial charge is 0.488 e. The minimum absolute atomic E-state index is 0.180. The van der Waals surface area contributed by atoms with Crippen LogP contribution >= 0.6 is 57.6 Å². The molecule has 0 atom stereocenters. The van der Waals surface area contributed by atoms with Crippen molar-refractivity contribution in [2.45, 2.75) is 25.9 Å². The van der Waals surface area contributed by atoms with Crippen LogP contribution in [0.25, 0.3) is 6.08 Å². The van der Waals surface area contributed by atoms with Gasteiger partial charge in [0.1, 0.15) is 18.9 Å². The average molecular weight is 631 g/mol. The van der Waals surface area contributed by atoms with Gasteiger partial charge in [0.15, 0.2) is 0 Å². The van der Waals surface area contributed by atoms with Crippen LogP contribution < -0.4 is 4.74 Å². The number of nitrogens with zero attached hydrogens (tertiary/aromatic N) is 2. The quantitative estimate of drug-likeness (QED) is 0.280. The lowest BCUT2D eigenvalue weighted by molar-refractivity contribution is -0.136. The normalized spacial score (nSPS) is 17.6. The van der Waals surface area contributed by atoms with Gasteiger partial charge in [0.05, 0.1) is 8.48 Å². The number of halogens is 3. The van der Waals surface area contributed by atoms with Crippen molar-refractivity contribution >= 4 is 80.7 Å². The maximum absolute atomic E-state index is 12.8. The van der Waals surface area contributed by atoms with Crippen LogP contribution in [-0.2, 0) is 16.2 Å². The van der Waals surface area contributed by atoms with Crippen molar-refractivity contribution in [2.24, 2.45) is 0 Å². The predicted molar refractivity (Wildman–Crippen MR) is 143 cm³/mol. The van der Waals surface area contributed by atoms with Crippen LogP contribution in [0.3, 0.4) is 0 Å². The first kappa shape index (κ1) is 25.3. The van der Waals surface area contributed by atoms with E-state index in [-0.39, 0.29) is 19.1 Å². The maximum Gasteiger partial charge on any atom is 0.294 e. The van der Waals surface area contributed by atoms with E-state index in [1.54, 1.807) is 23.1 Å². The molecule has 2 heterocycles. The van der Waals surface area contributed by atoms with Gasteiger partial charge in [0.2, 0.25) is 5.91 Å². The zero-order valence-corrected chi connectivity index (χ0v) is 22.5. The molecule has 0 radical (unpaired) electrons. The summed E-state index contributed by atoms with van der Waals surface area (Å²) < 4.78 is 6.74. The van der Waals surface area contributed by atoms with Crippen LogP contribution in [0.2, 0.25) is 10.0 Å². The van der Waals surface area contributed by atoms with Gasteiger partial charge in [-0.1, -0.05) is 35.3 Å². The minimum atomic E-state index is -0.437. The second-order valence-corrected chi connectivity index (χ2v) is 10.9. The third-order valence-corrected chi connectivity index (χ3v) is 7.87. The Morgan fingerprint density at radius 2 is 1.85 bits per heavy atom. The van der Waals surface area contributed by atoms with Crippen molar-refractivity contribution in [3.63, 3.8) is 0 Å². The highest BCUT2D eigenvalue weighted by molar-refractivity contribution is 14.1. The number of ether oxygens (including phenoxy) is 1. The Hall–Kier alpha value is -1.75. The second-order valence-electron chi connectivity index (χ2n) is 7.92. The highest BCUT2D eigenvalue weighted by atomic mass is 127. The van der Waals surface area contributed by atoms with Gasteiger partial charge in [-0.2, -0.15) is 0 Å². The summed E-state index contributed by atoms with van der Waals surface area (Å²) >= 11 is 15.1. The summed E-state index contributed by atoms with van der Waals surface area (Å²) in [5.74, 6) is 0.0529. The van der Waals surface area contributed by atoms with Crippen LogP contribution in [0.5, 0.6) is 5.75 Å². The smallest absolute Gasteiger partial charge is 0.294 e. The van der Waals surface area contributed by atoms with E-state index in [1.807, 2.05) is 24.3 Å². The fourth-order valence-electron chi connectivity index (χ4n) is 3.68. The predicted octanol–water partition coefficient (Wildman–Crippen LogP) is 6.23. The van der Waals surface area contributed by atoms with Crippen molar-refractivity contribution in [2.75, 3.05) is 19.6 Å². The zero-order chi connectivity index (χ0) is 24.2. The number of thioether (sulfide) groups is 1. The third-order valence-electron chi connectivity index (χ3n) is 5.53. The molecule has 3 amide bonds. The number of piperidine rings is 1. The molecule has 178 valence electrons. The summed E-state index contributed by atoms with van der Waals surface area (Å²) in [5, 5.41) is 0.678. The van der Waals surface area contributed by atoms with Gasteiger partial charge in [-0.15, -0.1) is 0 Å². The van der Waals surface area contributed by atoms with Gasteiger partial charge in [-0.05, 0) is 89.5 Å². The molecule has 0 bridgehead atoms.